The van der Waals surface area contributed by atoms with Crippen molar-refractivity contribution in [1.82, 2.24) is 0 Å². The molecule has 4 aromatic rings. The molecule has 0 saturated carbocycles. The number of halogens is 2. The van der Waals surface area contributed by atoms with Crippen molar-refractivity contribution < 1.29 is 9.59 Å². The molecule has 0 aromatic heterocycles. The Morgan fingerprint density at radius 2 is 1.00 bits per heavy atom. The molecule has 2 amide bonds. The summed E-state index contributed by atoms with van der Waals surface area (Å²) < 4.78 is 1.95. The molecule has 0 saturated heterocycles. The fraction of sp³-hybridized carbons (Fsp3) is 0.0714. The fourth-order valence-corrected chi connectivity index (χ4v) is 11.0. The maximum absolute atomic E-state index is 13.1. The van der Waals surface area contributed by atoms with E-state index < -0.39 is 0 Å². The van der Waals surface area contributed by atoms with E-state index >= 15 is 0 Å². The summed E-state index contributed by atoms with van der Waals surface area (Å²) in [6.07, 6.45) is 0. The Kier molecular flexibility index (Phi) is 8.92. The molecular formula is C28H22Cl2N2O2Se2. The standard InChI is InChI=1S/C28H22Cl2N2O2Se2/c1-17-11-13-23(21(29)15-17)31-27(33)19-7-3-5-9-25(19)35-36-26-10-6-4-8-20(26)28(34)32-24-14-12-18(2)16-22(24)30/h3-16H,1-2H3,(H,31,33)(H,32,34). The molecule has 0 atom stereocenters. The van der Waals surface area contributed by atoms with E-state index in [4.69, 9.17) is 23.2 Å². The first-order chi connectivity index (χ1) is 17.3. The molecule has 4 rings (SSSR count). The normalized spacial score (nSPS) is 10.7. The third-order valence-corrected chi connectivity index (χ3v) is 13.1. The number of rotatable bonds is 7. The van der Waals surface area contributed by atoms with Crippen LogP contribution in [0.3, 0.4) is 0 Å². The number of hydrogen-bond acceptors (Lipinski definition) is 2. The van der Waals surface area contributed by atoms with Gasteiger partial charge in [-0.2, -0.15) is 0 Å². The quantitative estimate of drug-likeness (QED) is 0.265. The van der Waals surface area contributed by atoms with Gasteiger partial charge in [-0.15, -0.1) is 0 Å². The second-order valence-corrected chi connectivity index (χ2v) is 15.0. The third-order valence-electron chi connectivity index (χ3n) is 5.23. The summed E-state index contributed by atoms with van der Waals surface area (Å²) in [5.41, 5.74) is 4.44. The van der Waals surface area contributed by atoms with Gasteiger partial charge in [-0.1, -0.05) is 0 Å². The zero-order chi connectivity index (χ0) is 25.7. The molecule has 36 heavy (non-hydrogen) atoms. The minimum atomic E-state index is -0.200. The predicted octanol–water partition coefficient (Wildman–Crippen LogP) is 5.39. The molecule has 0 aliphatic rings. The van der Waals surface area contributed by atoms with Crippen LogP contribution in [0.2, 0.25) is 10.0 Å². The summed E-state index contributed by atoms with van der Waals surface area (Å²) in [5.74, 6) is -0.400. The van der Waals surface area contributed by atoms with E-state index in [1.807, 2.05) is 98.8 Å². The topological polar surface area (TPSA) is 58.2 Å². The van der Waals surface area contributed by atoms with Gasteiger partial charge in [0.25, 0.3) is 0 Å². The van der Waals surface area contributed by atoms with Gasteiger partial charge in [0, 0.05) is 0 Å². The summed E-state index contributed by atoms with van der Waals surface area (Å²) in [6.45, 7) is 3.90. The Bertz CT molecular complexity index is 1330. The van der Waals surface area contributed by atoms with Gasteiger partial charge in [0.05, 0.1) is 0 Å². The molecule has 0 unspecified atom stereocenters. The van der Waals surface area contributed by atoms with Crippen molar-refractivity contribution in [2.24, 2.45) is 0 Å². The summed E-state index contributed by atoms with van der Waals surface area (Å²) in [5, 5.41) is 6.86. The second kappa shape index (κ2) is 12.1. The summed E-state index contributed by atoms with van der Waals surface area (Å²) in [7, 11) is 0. The van der Waals surface area contributed by atoms with Crippen LogP contribution >= 0.6 is 23.2 Å². The van der Waals surface area contributed by atoms with Crippen molar-refractivity contribution in [1.29, 1.82) is 0 Å². The van der Waals surface area contributed by atoms with Crippen molar-refractivity contribution in [3.05, 3.63) is 117 Å². The Labute approximate surface area is 231 Å². The van der Waals surface area contributed by atoms with Gasteiger partial charge in [-0.25, -0.2) is 0 Å². The molecule has 8 heteroatoms. The van der Waals surface area contributed by atoms with E-state index in [9.17, 15) is 9.59 Å². The van der Waals surface area contributed by atoms with Crippen LogP contribution in [-0.4, -0.2) is 38.1 Å². The van der Waals surface area contributed by atoms with Crippen LogP contribution in [0, 0.1) is 13.8 Å². The first-order valence-corrected chi connectivity index (χ1v) is 17.8. The molecule has 0 aliphatic heterocycles. The van der Waals surface area contributed by atoms with Crippen molar-refractivity contribution in [3.63, 3.8) is 0 Å². The van der Waals surface area contributed by atoms with Gasteiger partial charge in [0.2, 0.25) is 0 Å². The van der Waals surface area contributed by atoms with Gasteiger partial charge in [0.15, 0.2) is 0 Å². The number of carbonyl (C=O) groups is 2. The number of aryl methyl sites for hydroxylation is 2. The molecule has 0 radical (unpaired) electrons. The van der Waals surface area contributed by atoms with E-state index in [-0.39, 0.29) is 38.1 Å². The molecule has 0 spiro atoms. The Hall–Kier alpha value is -2.56. The van der Waals surface area contributed by atoms with Crippen LogP contribution in [0.15, 0.2) is 84.9 Å². The van der Waals surface area contributed by atoms with Gasteiger partial charge in [-0.3, -0.25) is 0 Å². The van der Waals surface area contributed by atoms with Crippen LogP contribution in [-0.2, 0) is 0 Å². The number of carbonyl (C=O) groups excluding carboxylic acids is 2. The monoisotopic (exact) mass is 648 g/mol. The number of benzene rings is 4. The number of nitrogens with one attached hydrogen (secondary N) is 2. The number of anilines is 2. The zero-order valence-corrected chi connectivity index (χ0v) is 24.4. The first kappa shape index (κ1) is 26.5. The summed E-state index contributed by atoms with van der Waals surface area (Å²) in [6, 6.07) is 26.2. The van der Waals surface area contributed by atoms with E-state index in [1.165, 1.54) is 0 Å². The van der Waals surface area contributed by atoms with E-state index in [0.717, 1.165) is 20.1 Å². The molecule has 2 N–H and O–H groups in total. The average Bonchev–Trinajstić information content (AvgIpc) is 2.86. The molecule has 182 valence electrons. The van der Waals surface area contributed by atoms with Crippen molar-refractivity contribution >= 4 is 81.6 Å². The maximum atomic E-state index is 13.1. The fourth-order valence-electron chi connectivity index (χ4n) is 3.37. The average molecular weight is 647 g/mol. The molecule has 4 nitrogen and oxygen atoms in total. The van der Waals surface area contributed by atoms with Crippen LogP contribution in [0.5, 0.6) is 0 Å². The van der Waals surface area contributed by atoms with Crippen LogP contribution in [0.4, 0.5) is 11.4 Å². The van der Waals surface area contributed by atoms with Gasteiger partial charge < -0.3 is 0 Å². The Balaban J connectivity index is 1.50. The Morgan fingerprint density at radius 3 is 1.39 bits per heavy atom. The van der Waals surface area contributed by atoms with E-state index in [0.29, 0.717) is 32.5 Å². The van der Waals surface area contributed by atoms with Crippen LogP contribution in [0.1, 0.15) is 31.8 Å². The summed E-state index contributed by atoms with van der Waals surface area (Å²) in [4.78, 5) is 26.2. The predicted molar refractivity (Wildman–Crippen MR) is 152 cm³/mol. The minimum absolute atomic E-state index is 0.0319. The van der Waals surface area contributed by atoms with Crippen molar-refractivity contribution in [2.75, 3.05) is 10.6 Å². The first-order valence-electron chi connectivity index (χ1n) is 11.0. The van der Waals surface area contributed by atoms with Gasteiger partial charge in [-0.05, 0) is 0 Å². The van der Waals surface area contributed by atoms with Crippen LogP contribution in [0.25, 0.3) is 0 Å². The molecule has 0 fully saturated rings. The molecular weight excluding hydrogens is 625 g/mol. The van der Waals surface area contributed by atoms with Crippen molar-refractivity contribution in [3.8, 4) is 0 Å². The molecule has 0 heterocycles. The number of amides is 2. The Morgan fingerprint density at radius 1 is 0.611 bits per heavy atom. The molecule has 0 aliphatic carbocycles. The molecule has 0 bridgehead atoms. The van der Waals surface area contributed by atoms with Gasteiger partial charge in [0.1, 0.15) is 0 Å². The SMILES string of the molecule is Cc1ccc(NC(=O)c2ccccc2[Se][Se]c2ccccc2C(=O)Nc2ccc(C)cc2Cl)c(Cl)c1. The van der Waals surface area contributed by atoms with E-state index in [1.54, 1.807) is 0 Å². The van der Waals surface area contributed by atoms with Gasteiger partial charge >= 0.3 is 233 Å². The third kappa shape index (κ3) is 6.60. The number of hydrogen-bond donors (Lipinski definition) is 2. The second-order valence-electron chi connectivity index (χ2n) is 8.03. The van der Waals surface area contributed by atoms with Crippen LogP contribution < -0.4 is 19.6 Å². The van der Waals surface area contributed by atoms with E-state index in [2.05, 4.69) is 10.6 Å². The summed E-state index contributed by atoms with van der Waals surface area (Å²) >= 11 is 12.6. The van der Waals surface area contributed by atoms with Crippen molar-refractivity contribution in [2.45, 2.75) is 13.8 Å². The molecule has 4 aromatic carbocycles. The zero-order valence-electron chi connectivity index (χ0n) is 19.5.